The van der Waals surface area contributed by atoms with E-state index in [-0.39, 0.29) is 0 Å². The van der Waals surface area contributed by atoms with Gasteiger partial charge in [0.15, 0.2) is 5.16 Å². The maximum absolute atomic E-state index is 5.33. The number of imidazole rings is 1. The van der Waals surface area contributed by atoms with Gasteiger partial charge in [0, 0.05) is 13.1 Å². The molecule has 0 amide bonds. The van der Waals surface area contributed by atoms with Crippen molar-refractivity contribution in [2.24, 2.45) is 0 Å². The minimum atomic E-state index is 0.848. The molecule has 1 aromatic carbocycles. The molecule has 4 nitrogen and oxygen atoms in total. The van der Waals surface area contributed by atoms with Gasteiger partial charge in [-0.25, -0.2) is 4.98 Å². The number of rotatable bonds is 3. The molecule has 0 unspecified atom stereocenters. The summed E-state index contributed by atoms with van der Waals surface area (Å²) < 4.78 is 5.33. The first-order chi connectivity index (χ1) is 8.42. The molecule has 0 radical (unpaired) electrons. The normalized spacial score (nSPS) is 17.6. The Bertz CT molecular complexity index is 460. The number of H-pyrrole nitrogens is 1. The number of morpholine rings is 1. The zero-order valence-electron chi connectivity index (χ0n) is 9.56. The summed E-state index contributed by atoms with van der Waals surface area (Å²) >= 11 is 1.76. The van der Waals surface area contributed by atoms with E-state index in [0.717, 1.165) is 48.4 Å². The Labute approximate surface area is 104 Å². The summed E-state index contributed by atoms with van der Waals surface area (Å²) in [6, 6.07) is 8.13. The Hall–Kier alpha value is -1.04. The summed E-state index contributed by atoms with van der Waals surface area (Å²) in [6.45, 7) is 3.74. The first kappa shape index (κ1) is 11.1. The van der Waals surface area contributed by atoms with E-state index in [1.54, 1.807) is 11.8 Å². The molecule has 1 aromatic heterocycles. The molecule has 2 aromatic rings. The van der Waals surface area contributed by atoms with Crippen LogP contribution < -0.4 is 0 Å². The molecule has 1 saturated heterocycles. The summed E-state index contributed by atoms with van der Waals surface area (Å²) in [5.74, 6) is 0.975. The summed E-state index contributed by atoms with van der Waals surface area (Å²) in [5, 5.41) is 0.998. The molecule has 1 fully saturated rings. The first-order valence-electron chi connectivity index (χ1n) is 5.79. The molecule has 2 heterocycles. The molecule has 0 bridgehead atoms. The van der Waals surface area contributed by atoms with Gasteiger partial charge in [-0.05, 0) is 12.1 Å². The Kier molecular flexibility index (Phi) is 3.31. The van der Waals surface area contributed by atoms with Crippen LogP contribution in [0.15, 0.2) is 29.4 Å². The van der Waals surface area contributed by atoms with Crippen LogP contribution in [0.3, 0.4) is 0 Å². The quantitative estimate of drug-likeness (QED) is 0.844. The Balaban J connectivity index is 1.64. The van der Waals surface area contributed by atoms with Crippen LogP contribution in [0.5, 0.6) is 0 Å². The third kappa shape index (κ3) is 2.62. The van der Waals surface area contributed by atoms with Crippen molar-refractivity contribution in [2.45, 2.75) is 5.16 Å². The lowest BCUT2D eigenvalue weighted by Gasteiger charge is -2.25. The van der Waals surface area contributed by atoms with Gasteiger partial charge in [-0.15, -0.1) is 0 Å². The zero-order valence-corrected chi connectivity index (χ0v) is 10.4. The lowest BCUT2D eigenvalue weighted by Crippen LogP contribution is -2.35. The molecule has 3 rings (SSSR count). The van der Waals surface area contributed by atoms with Gasteiger partial charge in [-0.1, -0.05) is 23.9 Å². The Morgan fingerprint density at radius 2 is 2.12 bits per heavy atom. The lowest BCUT2D eigenvalue weighted by molar-refractivity contribution is 0.0473. The maximum Gasteiger partial charge on any atom is 0.167 e. The molecular weight excluding hydrogens is 234 g/mol. The number of aromatic amines is 1. The largest absolute Gasteiger partial charge is 0.379 e. The van der Waals surface area contributed by atoms with Gasteiger partial charge in [-0.3, -0.25) is 4.90 Å². The Morgan fingerprint density at radius 1 is 1.29 bits per heavy atom. The van der Waals surface area contributed by atoms with Crippen molar-refractivity contribution in [3.8, 4) is 0 Å². The van der Waals surface area contributed by atoms with Crippen LogP contribution in [-0.2, 0) is 4.74 Å². The zero-order chi connectivity index (χ0) is 11.5. The van der Waals surface area contributed by atoms with Crippen molar-refractivity contribution >= 4 is 22.8 Å². The van der Waals surface area contributed by atoms with Crippen molar-refractivity contribution in [2.75, 3.05) is 32.2 Å². The summed E-state index contributed by atoms with van der Waals surface area (Å²) in [4.78, 5) is 10.3. The van der Waals surface area contributed by atoms with Gasteiger partial charge in [0.25, 0.3) is 0 Å². The number of fused-ring (bicyclic) bond motifs is 1. The van der Waals surface area contributed by atoms with Crippen LogP contribution in [0.4, 0.5) is 0 Å². The molecule has 90 valence electrons. The minimum absolute atomic E-state index is 0.848. The summed E-state index contributed by atoms with van der Waals surface area (Å²) in [5.41, 5.74) is 2.15. The number of nitrogens with zero attached hydrogens (tertiary/aromatic N) is 2. The molecule has 0 saturated carbocycles. The number of para-hydroxylation sites is 2. The van der Waals surface area contributed by atoms with E-state index in [1.807, 2.05) is 18.2 Å². The first-order valence-corrected chi connectivity index (χ1v) is 6.78. The molecule has 1 aliphatic heterocycles. The number of hydrogen-bond donors (Lipinski definition) is 1. The van der Waals surface area contributed by atoms with E-state index in [0.29, 0.717) is 0 Å². The van der Waals surface area contributed by atoms with E-state index in [1.165, 1.54) is 0 Å². The van der Waals surface area contributed by atoms with Gasteiger partial charge in [0.1, 0.15) is 0 Å². The van der Waals surface area contributed by atoms with Crippen LogP contribution in [-0.4, -0.2) is 47.0 Å². The highest BCUT2D eigenvalue weighted by molar-refractivity contribution is 7.99. The number of thioether (sulfide) groups is 1. The van der Waals surface area contributed by atoms with Crippen LogP contribution in [0, 0.1) is 0 Å². The standard InChI is InChI=1S/C12H15N3OS/c1-2-4-11-10(3-1)13-12(14-11)17-9-15-5-7-16-8-6-15/h1-4H,5-9H2,(H,13,14). The third-order valence-corrected chi connectivity index (χ3v) is 3.82. The van der Waals surface area contributed by atoms with Crippen LogP contribution in [0.25, 0.3) is 11.0 Å². The van der Waals surface area contributed by atoms with E-state index < -0.39 is 0 Å². The predicted octanol–water partition coefficient (Wildman–Crippen LogP) is 1.94. The molecule has 0 aliphatic carbocycles. The predicted molar refractivity (Wildman–Crippen MR) is 69.2 cm³/mol. The van der Waals surface area contributed by atoms with Crippen LogP contribution in [0.2, 0.25) is 0 Å². The van der Waals surface area contributed by atoms with Gasteiger partial charge < -0.3 is 9.72 Å². The smallest absolute Gasteiger partial charge is 0.167 e. The van der Waals surface area contributed by atoms with Gasteiger partial charge in [0.2, 0.25) is 0 Å². The number of ether oxygens (including phenoxy) is 1. The molecule has 0 atom stereocenters. The molecule has 17 heavy (non-hydrogen) atoms. The van der Waals surface area contributed by atoms with Gasteiger partial charge in [-0.2, -0.15) is 0 Å². The Morgan fingerprint density at radius 3 is 2.94 bits per heavy atom. The number of aromatic nitrogens is 2. The van der Waals surface area contributed by atoms with Crippen molar-refractivity contribution < 1.29 is 4.74 Å². The summed E-state index contributed by atoms with van der Waals surface area (Å²) in [7, 11) is 0. The van der Waals surface area contributed by atoms with E-state index >= 15 is 0 Å². The second kappa shape index (κ2) is 5.08. The fourth-order valence-electron chi connectivity index (χ4n) is 1.88. The number of nitrogens with one attached hydrogen (secondary N) is 1. The second-order valence-electron chi connectivity index (χ2n) is 4.06. The average molecular weight is 249 g/mol. The van der Waals surface area contributed by atoms with Crippen LogP contribution in [0.1, 0.15) is 0 Å². The topological polar surface area (TPSA) is 41.2 Å². The molecule has 1 aliphatic rings. The van der Waals surface area contributed by atoms with E-state index in [4.69, 9.17) is 4.74 Å². The summed E-state index contributed by atoms with van der Waals surface area (Å²) in [6.07, 6.45) is 0. The third-order valence-electron chi connectivity index (χ3n) is 2.86. The fourth-order valence-corrected chi connectivity index (χ4v) is 2.79. The highest BCUT2D eigenvalue weighted by Gasteiger charge is 2.11. The molecule has 0 spiro atoms. The van der Waals surface area contributed by atoms with E-state index in [2.05, 4.69) is 20.9 Å². The molecule has 5 heteroatoms. The van der Waals surface area contributed by atoms with Crippen molar-refractivity contribution in [3.05, 3.63) is 24.3 Å². The lowest BCUT2D eigenvalue weighted by atomic mass is 10.3. The van der Waals surface area contributed by atoms with E-state index in [9.17, 15) is 0 Å². The van der Waals surface area contributed by atoms with Crippen molar-refractivity contribution in [1.29, 1.82) is 0 Å². The fraction of sp³-hybridized carbons (Fsp3) is 0.417. The number of benzene rings is 1. The van der Waals surface area contributed by atoms with Crippen molar-refractivity contribution in [1.82, 2.24) is 14.9 Å². The van der Waals surface area contributed by atoms with Gasteiger partial charge in [0.05, 0.1) is 30.1 Å². The average Bonchev–Trinajstić information content (AvgIpc) is 2.80. The SMILES string of the molecule is c1ccc2[nH]c(SCN3CCOCC3)nc2c1. The van der Waals surface area contributed by atoms with Crippen molar-refractivity contribution in [3.63, 3.8) is 0 Å². The maximum atomic E-state index is 5.33. The highest BCUT2D eigenvalue weighted by atomic mass is 32.2. The highest BCUT2D eigenvalue weighted by Crippen LogP contribution is 2.20. The number of hydrogen-bond acceptors (Lipinski definition) is 4. The van der Waals surface area contributed by atoms with Gasteiger partial charge >= 0.3 is 0 Å². The molecule has 1 N–H and O–H groups in total. The second-order valence-corrected chi connectivity index (χ2v) is 5.00. The minimum Gasteiger partial charge on any atom is -0.379 e. The monoisotopic (exact) mass is 249 g/mol. The van der Waals surface area contributed by atoms with Crippen LogP contribution >= 0.6 is 11.8 Å². The molecular formula is C12H15N3OS.